The Hall–Kier alpha value is -1.06. The van der Waals surface area contributed by atoms with Gasteiger partial charge in [0.2, 0.25) is 0 Å². The summed E-state index contributed by atoms with van der Waals surface area (Å²) in [6.45, 7) is 1.40. The number of carbonyl (C=O) groups is 1. The standard InChI is InChI=1S/C12H14ClNO2/c1-14-6-10(11(7-14)12(15)16)8-2-4-9(13)5-3-8/h2-5,10-11H,6-7H2,1H3,(H,15,16). The number of carboxylic acids is 1. The molecular formula is C12H14ClNO2. The van der Waals surface area contributed by atoms with Crippen LogP contribution in [0.15, 0.2) is 24.3 Å². The smallest absolute Gasteiger partial charge is 0.308 e. The highest BCUT2D eigenvalue weighted by atomic mass is 35.5. The minimum absolute atomic E-state index is 0.0692. The predicted octanol–water partition coefficient (Wildman–Crippen LogP) is 2.07. The van der Waals surface area contributed by atoms with Crippen molar-refractivity contribution in [2.45, 2.75) is 5.92 Å². The Morgan fingerprint density at radius 1 is 1.38 bits per heavy atom. The second-order valence-electron chi connectivity index (χ2n) is 4.32. The lowest BCUT2D eigenvalue weighted by Gasteiger charge is -2.14. The van der Waals surface area contributed by atoms with E-state index in [1.165, 1.54) is 0 Å². The Labute approximate surface area is 99.6 Å². The summed E-state index contributed by atoms with van der Waals surface area (Å²) in [6.07, 6.45) is 0. The Morgan fingerprint density at radius 3 is 2.56 bits per heavy atom. The monoisotopic (exact) mass is 239 g/mol. The highest BCUT2D eigenvalue weighted by Gasteiger charge is 2.36. The molecule has 0 radical (unpaired) electrons. The van der Waals surface area contributed by atoms with E-state index in [1.54, 1.807) is 0 Å². The fraction of sp³-hybridized carbons (Fsp3) is 0.417. The highest BCUT2D eigenvalue weighted by Crippen LogP contribution is 2.32. The zero-order valence-corrected chi connectivity index (χ0v) is 9.81. The van der Waals surface area contributed by atoms with E-state index in [9.17, 15) is 4.79 Å². The van der Waals surface area contributed by atoms with Crippen LogP contribution in [-0.4, -0.2) is 36.1 Å². The van der Waals surface area contributed by atoms with Gasteiger partial charge in [-0.2, -0.15) is 0 Å². The van der Waals surface area contributed by atoms with Crippen LogP contribution in [0.5, 0.6) is 0 Å². The van der Waals surface area contributed by atoms with Crippen molar-refractivity contribution in [2.24, 2.45) is 5.92 Å². The molecule has 0 saturated carbocycles. The Kier molecular flexibility index (Phi) is 3.17. The van der Waals surface area contributed by atoms with E-state index in [-0.39, 0.29) is 11.8 Å². The van der Waals surface area contributed by atoms with Gasteiger partial charge in [0.15, 0.2) is 0 Å². The number of hydrogen-bond acceptors (Lipinski definition) is 2. The van der Waals surface area contributed by atoms with E-state index in [0.29, 0.717) is 11.6 Å². The molecule has 16 heavy (non-hydrogen) atoms. The van der Waals surface area contributed by atoms with Gasteiger partial charge in [-0.3, -0.25) is 4.79 Å². The van der Waals surface area contributed by atoms with Crippen molar-refractivity contribution in [1.82, 2.24) is 4.90 Å². The van der Waals surface area contributed by atoms with Gasteiger partial charge in [0.1, 0.15) is 0 Å². The van der Waals surface area contributed by atoms with E-state index in [4.69, 9.17) is 16.7 Å². The minimum atomic E-state index is -0.718. The molecule has 0 aromatic heterocycles. The van der Waals surface area contributed by atoms with E-state index in [1.807, 2.05) is 31.3 Å². The first-order valence-corrected chi connectivity index (χ1v) is 5.62. The number of likely N-dealkylation sites (N-methyl/N-ethyl adjacent to an activating group) is 1. The summed E-state index contributed by atoms with van der Waals surface area (Å²) in [5, 5.41) is 9.85. The fourth-order valence-electron chi connectivity index (χ4n) is 2.30. The maximum absolute atomic E-state index is 11.1. The Bertz CT molecular complexity index is 391. The molecule has 3 nitrogen and oxygen atoms in total. The van der Waals surface area contributed by atoms with Gasteiger partial charge < -0.3 is 10.0 Å². The first kappa shape index (κ1) is 11.4. The van der Waals surface area contributed by atoms with Crippen molar-refractivity contribution >= 4 is 17.6 Å². The van der Waals surface area contributed by atoms with E-state index in [0.717, 1.165) is 12.1 Å². The van der Waals surface area contributed by atoms with Crippen molar-refractivity contribution in [3.05, 3.63) is 34.9 Å². The summed E-state index contributed by atoms with van der Waals surface area (Å²) in [7, 11) is 1.95. The van der Waals surface area contributed by atoms with Gasteiger partial charge in [0.25, 0.3) is 0 Å². The Morgan fingerprint density at radius 2 is 2.00 bits per heavy atom. The van der Waals surface area contributed by atoms with Gasteiger partial charge >= 0.3 is 5.97 Å². The van der Waals surface area contributed by atoms with Crippen molar-refractivity contribution in [2.75, 3.05) is 20.1 Å². The SMILES string of the molecule is CN1CC(C(=O)O)C(c2ccc(Cl)cc2)C1. The molecule has 1 fully saturated rings. The quantitative estimate of drug-likeness (QED) is 0.859. The molecule has 1 aromatic rings. The lowest BCUT2D eigenvalue weighted by Crippen LogP contribution is -2.21. The lowest BCUT2D eigenvalue weighted by atomic mass is 9.89. The molecule has 0 aliphatic carbocycles. The maximum atomic E-state index is 11.1. The molecule has 2 atom stereocenters. The molecule has 1 saturated heterocycles. The fourth-order valence-corrected chi connectivity index (χ4v) is 2.42. The van der Waals surface area contributed by atoms with Gasteiger partial charge in [0, 0.05) is 24.0 Å². The molecule has 0 amide bonds. The number of benzene rings is 1. The number of hydrogen-bond donors (Lipinski definition) is 1. The Balaban J connectivity index is 2.25. The van der Waals surface area contributed by atoms with Crippen LogP contribution in [0, 0.1) is 5.92 Å². The molecule has 1 aliphatic rings. The average Bonchev–Trinajstić information content (AvgIpc) is 2.61. The molecule has 1 heterocycles. The summed E-state index contributed by atoms with van der Waals surface area (Å²) in [5.41, 5.74) is 1.06. The van der Waals surface area contributed by atoms with Crippen molar-refractivity contribution in [3.8, 4) is 0 Å². The second-order valence-corrected chi connectivity index (χ2v) is 4.76. The topological polar surface area (TPSA) is 40.5 Å². The summed E-state index contributed by atoms with van der Waals surface area (Å²) >= 11 is 5.82. The maximum Gasteiger partial charge on any atom is 0.308 e. The number of rotatable bonds is 2. The third kappa shape index (κ3) is 2.20. The number of carboxylic acid groups (broad SMARTS) is 1. The van der Waals surface area contributed by atoms with Crippen LogP contribution >= 0.6 is 11.6 Å². The van der Waals surface area contributed by atoms with Crippen LogP contribution in [-0.2, 0) is 4.79 Å². The third-order valence-electron chi connectivity index (χ3n) is 3.12. The van der Waals surface area contributed by atoms with Crippen LogP contribution in [0.4, 0.5) is 0 Å². The zero-order valence-electron chi connectivity index (χ0n) is 9.06. The van der Waals surface area contributed by atoms with Gasteiger partial charge in [0.05, 0.1) is 5.92 Å². The molecule has 2 unspecified atom stereocenters. The van der Waals surface area contributed by atoms with Crippen molar-refractivity contribution in [1.29, 1.82) is 0 Å². The molecule has 86 valence electrons. The van der Waals surface area contributed by atoms with Crippen LogP contribution in [0.1, 0.15) is 11.5 Å². The van der Waals surface area contributed by atoms with Gasteiger partial charge in [-0.25, -0.2) is 0 Å². The largest absolute Gasteiger partial charge is 0.481 e. The molecule has 1 aliphatic heterocycles. The van der Waals surface area contributed by atoms with Gasteiger partial charge in [-0.1, -0.05) is 23.7 Å². The molecule has 1 N–H and O–H groups in total. The molecular weight excluding hydrogens is 226 g/mol. The van der Waals surface area contributed by atoms with Crippen molar-refractivity contribution in [3.63, 3.8) is 0 Å². The normalized spacial score (nSPS) is 25.9. The average molecular weight is 240 g/mol. The van der Waals surface area contributed by atoms with Crippen LogP contribution in [0.25, 0.3) is 0 Å². The number of aliphatic carboxylic acids is 1. The van der Waals surface area contributed by atoms with Crippen molar-refractivity contribution < 1.29 is 9.90 Å². The number of likely N-dealkylation sites (tertiary alicyclic amines) is 1. The van der Waals surface area contributed by atoms with Gasteiger partial charge in [-0.05, 0) is 24.7 Å². The highest BCUT2D eigenvalue weighted by molar-refractivity contribution is 6.30. The molecule has 0 bridgehead atoms. The first-order valence-electron chi connectivity index (χ1n) is 5.24. The number of halogens is 1. The second kappa shape index (κ2) is 4.44. The van der Waals surface area contributed by atoms with E-state index >= 15 is 0 Å². The van der Waals surface area contributed by atoms with Gasteiger partial charge in [-0.15, -0.1) is 0 Å². The summed E-state index contributed by atoms with van der Waals surface area (Å²) in [5.74, 6) is -0.963. The summed E-state index contributed by atoms with van der Waals surface area (Å²) in [6, 6.07) is 7.46. The number of nitrogens with zero attached hydrogens (tertiary/aromatic N) is 1. The van der Waals surface area contributed by atoms with Crippen LogP contribution in [0.2, 0.25) is 5.02 Å². The first-order chi connectivity index (χ1) is 7.58. The molecule has 4 heteroatoms. The lowest BCUT2D eigenvalue weighted by molar-refractivity contribution is -0.141. The summed E-state index contributed by atoms with van der Waals surface area (Å²) in [4.78, 5) is 13.2. The molecule has 1 aromatic carbocycles. The summed E-state index contributed by atoms with van der Waals surface area (Å²) < 4.78 is 0. The van der Waals surface area contributed by atoms with E-state index < -0.39 is 5.97 Å². The molecule has 0 spiro atoms. The minimum Gasteiger partial charge on any atom is -0.481 e. The third-order valence-corrected chi connectivity index (χ3v) is 3.37. The van der Waals surface area contributed by atoms with E-state index in [2.05, 4.69) is 4.90 Å². The predicted molar refractivity (Wildman–Crippen MR) is 62.8 cm³/mol. The van der Waals surface area contributed by atoms with Crippen LogP contribution < -0.4 is 0 Å². The van der Waals surface area contributed by atoms with Crippen LogP contribution in [0.3, 0.4) is 0 Å². The molecule has 2 rings (SSSR count). The zero-order chi connectivity index (χ0) is 11.7.